The van der Waals surface area contributed by atoms with Crippen LogP contribution in [-0.4, -0.2) is 23.6 Å². The van der Waals surface area contributed by atoms with Crippen LogP contribution in [0.25, 0.3) is 85.4 Å². The summed E-state index contributed by atoms with van der Waals surface area (Å²) in [6.07, 6.45) is 0. The first-order chi connectivity index (χ1) is 25.4. The molecule has 3 heterocycles. The van der Waals surface area contributed by atoms with Gasteiger partial charge in [-0.1, -0.05) is 0 Å². The Labute approximate surface area is 305 Å². The standard InChI is InChI=1S/C47H28N4Se/c1-47(2)39-9-5-3-7-31(39)33-24-44-36(23-40(33)47)32-8-4-6-10-41(32)51(44)30-14-18-46-38(22-30)37-21-29(13-17-45(37)52-46)50-42-15-11-27(25-48)19-34(42)35-20-28(26-49)12-16-43(35)50/h3-24H,1-2H3. The van der Waals surface area contributed by atoms with Gasteiger partial charge in [0.2, 0.25) is 0 Å². The zero-order valence-electron chi connectivity index (χ0n) is 28.4. The van der Waals surface area contributed by atoms with Crippen LogP contribution in [0.3, 0.4) is 0 Å². The van der Waals surface area contributed by atoms with E-state index in [9.17, 15) is 10.5 Å². The summed E-state index contributed by atoms with van der Waals surface area (Å²) in [6, 6.07) is 52.7. The van der Waals surface area contributed by atoms with E-state index in [1.165, 1.54) is 63.4 Å². The van der Waals surface area contributed by atoms with Gasteiger partial charge in [-0.25, -0.2) is 0 Å². The van der Waals surface area contributed by atoms with E-state index in [1.807, 2.05) is 36.4 Å². The Hall–Kier alpha value is -6.36. The summed E-state index contributed by atoms with van der Waals surface area (Å²) in [4.78, 5) is 0. The quantitative estimate of drug-likeness (QED) is 0.167. The van der Waals surface area contributed by atoms with E-state index in [1.54, 1.807) is 0 Å². The van der Waals surface area contributed by atoms with E-state index in [2.05, 4.69) is 132 Å². The third kappa shape index (κ3) is 3.85. The predicted molar refractivity (Wildman–Crippen MR) is 214 cm³/mol. The average molecular weight is 728 g/mol. The number of nitriles is 2. The van der Waals surface area contributed by atoms with E-state index >= 15 is 0 Å². The molecule has 5 heteroatoms. The van der Waals surface area contributed by atoms with Crippen LogP contribution in [0, 0.1) is 22.7 Å². The van der Waals surface area contributed by atoms with E-state index in [0.717, 1.165) is 33.2 Å². The molecule has 0 spiro atoms. The summed E-state index contributed by atoms with van der Waals surface area (Å²) >= 11 is 0.197. The van der Waals surface area contributed by atoms with Crippen molar-refractivity contribution in [2.24, 2.45) is 0 Å². The molecule has 0 aliphatic heterocycles. The molecule has 4 nitrogen and oxygen atoms in total. The second kappa shape index (κ2) is 10.3. The van der Waals surface area contributed by atoms with Crippen molar-refractivity contribution in [3.63, 3.8) is 0 Å². The molecule has 0 unspecified atom stereocenters. The second-order valence-corrected chi connectivity index (χ2v) is 16.7. The second-order valence-electron chi connectivity index (χ2n) is 14.4. The Morgan fingerprint density at radius 1 is 0.462 bits per heavy atom. The van der Waals surface area contributed by atoms with Crippen molar-refractivity contribution < 1.29 is 0 Å². The molecule has 0 fully saturated rings. The molecular weight excluding hydrogens is 700 g/mol. The number of aromatic nitrogens is 2. The van der Waals surface area contributed by atoms with E-state index < -0.39 is 0 Å². The maximum atomic E-state index is 9.69. The van der Waals surface area contributed by atoms with Gasteiger partial charge in [-0.05, 0) is 0 Å². The van der Waals surface area contributed by atoms with Crippen LogP contribution in [0.15, 0.2) is 133 Å². The summed E-state index contributed by atoms with van der Waals surface area (Å²) in [7, 11) is 0. The van der Waals surface area contributed by atoms with Crippen molar-refractivity contribution in [3.05, 3.63) is 156 Å². The number of nitrogens with zero attached hydrogens (tertiary/aromatic N) is 4. The zero-order valence-corrected chi connectivity index (χ0v) is 30.1. The van der Waals surface area contributed by atoms with Crippen molar-refractivity contribution in [1.29, 1.82) is 10.5 Å². The topological polar surface area (TPSA) is 57.4 Å². The van der Waals surface area contributed by atoms with Gasteiger partial charge in [0.25, 0.3) is 0 Å². The molecule has 52 heavy (non-hydrogen) atoms. The minimum atomic E-state index is -0.0627. The van der Waals surface area contributed by atoms with Crippen molar-refractivity contribution in [3.8, 4) is 34.6 Å². The maximum absolute atomic E-state index is 9.69. The molecule has 242 valence electrons. The fourth-order valence-corrected chi connectivity index (χ4v) is 11.2. The molecule has 3 aromatic heterocycles. The third-order valence-corrected chi connectivity index (χ3v) is 13.8. The Morgan fingerprint density at radius 3 is 1.67 bits per heavy atom. The van der Waals surface area contributed by atoms with Crippen LogP contribution in [-0.2, 0) is 5.41 Å². The van der Waals surface area contributed by atoms with Crippen LogP contribution in [0.4, 0.5) is 0 Å². The first-order valence-corrected chi connectivity index (χ1v) is 19.2. The molecule has 0 saturated carbocycles. The molecule has 0 bridgehead atoms. The number of rotatable bonds is 2. The van der Waals surface area contributed by atoms with Gasteiger partial charge in [0.15, 0.2) is 0 Å². The Morgan fingerprint density at radius 2 is 1.02 bits per heavy atom. The molecule has 0 N–H and O–H groups in total. The summed E-state index contributed by atoms with van der Waals surface area (Å²) < 4.78 is 7.50. The van der Waals surface area contributed by atoms with Crippen LogP contribution in [0.5, 0.6) is 0 Å². The average Bonchev–Trinajstić information content (AvgIpc) is 3.88. The molecule has 7 aromatic carbocycles. The molecule has 0 amide bonds. The first kappa shape index (κ1) is 29.4. The molecule has 0 saturated heterocycles. The predicted octanol–water partition coefficient (Wildman–Crippen LogP) is 11.3. The van der Waals surface area contributed by atoms with Gasteiger partial charge < -0.3 is 0 Å². The SMILES string of the molecule is CC1(C)c2ccccc2-c2cc3c(cc21)c1ccccc1n3-c1ccc2[se]c3ccc(-n4c5ccc(C#N)cc5c5cc(C#N)ccc54)cc3c2c1. The fraction of sp³-hybridized carbons (Fsp3) is 0.0638. The van der Waals surface area contributed by atoms with Gasteiger partial charge in [0, 0.05) is 0 Å². The fourth-order valence-electron chi connectivity index (χ4n) is 8.91. The first-order valence-electron chi connectivity index (χ1n) is 17.5. The van der Waals surface area contributed by atoms with Gasteiger partial charge in [0.05, 0.1) is 0 Å². The van der Waals surface area contributed by atoms with E-state index in [0.29, 0.717) is 11.1 Å². The summed E-state index contributed by atoms with van der Waals surface area (Å²) in [5.74, 6) is 0. The van der Waals surface area contributed by atoms with Gasteiger partial charge in [0.1, 0.15) is 0 Å². The van der Waals surface area contributed by atoms with Crippen molar-refractivity contribution in [2.45, 2.75) is 19.3 Å². The summed E-state index contributed by atoms with van der Waals surface area (Å²) in [5.41, 5.74) is 13.3. The van der Waals surface area contributed by atoms with E-state index in [-0.39, 0.29) is 19.9 Å². The molecule has 10 aromatic rings. The zero-order chi connectivity index (χ0) is 34.9. The van der Waals surface area contributed by atoms with Crippen molar-refractivity contribution in [1.82, 2.24) is 9.13 Å². The Balaban J connectivity index is 1.15. The number of hydrogen-bond donors (Lipinski definition) is 0. The third-order valence-electron chi connectivity index (χ3n) is 11.4. The number of para-hydroxylation sites is 1. The molecule has 0 radical (unpaired) electrons. The summed E-state index contributed by atoms with van der Waals surface area (Å²) in [6.45, 7) is 4.70. The number of benzene rings is 7. The summed E-state index contributed by atoms with van der Waals surface area (Å²) in [5, 5.41) is 26.4. The van der Waals surface area contributed by atoms with Gasteiger partial charge >= 0.3 is 307 Å². The molecule has 11 rings (SSSR count). The van der Waals surface area contributed by atoms with Crippen LogP contribution < -0.4 is 0 Å². The van der Waals surface area contributed by atoms with E-state index in [4.69, 9.17) is 0 Å². The minimum absolute atomic E-state index is 0.0627. The molecule has 1 aliphatic rings. The van der Waals surface area contributed by atoms with Crippen molar-refractivity contribution >= 4 is 77.4 Å². The molecule has 1 aliphatic carbocycles. The normalized spacial score (nSPS) is 13.3. The molecule has 0 atom stereocenters. The Kier molecular flexibility index (Phi) is 5.85. The van der Waals surface area contributed by atoms with Crippen molar-refractivity contribution in [2.75, 3.05) is 0 Å². The monoisotopic (exact) mass is 728 g/mol. The Bertz CT molecular complexity index is 3230. The van der Waals surface area contributed by atoms with Crippen LogP contribution in [0.1, 0.15) is 36.1 Å². The van der Waals surface area contributed by atoms with Gasteiger partial charge in [-0.15, -0.1) is 0 Å². The van der Waals surface area contributed by atoms with Gasteiger partial charge in [-0.2, -0.15) is 0 Å². The van der Waals surface area contributed by atoms with Crippen LogP contribution in [0.2, 0.25) is 0 Å². The number of hydrogen-bond acceptors (Lipinski definition) is 2. The van der Waals surface area contributed by atoms with Gasteiger partial charge in [-0.3, -0.25) is 0 Å². The van der Waals surface area contributed by atoms with Crippen LogP contribution >= 0.6 is 0 Å². The molecular formula is C47H28N4Se. The number of fused-ring (bicyclic) bond motifs is 12.